The first-order chi connectivity index (χ1) is 16.5. The summed E-state index contributed by atoms with van der Waals surface area (Å²) in [5.74, 6) is 1.11. The van der Waals surface area contributed by atoms with E-state index in [0.29, 0.717) is 23.3 Å². The van der Waals surface area contributed by atoms with Gasteiger partial charge in [0.2, 0.25) is 0 Å². The summed E-state index contributed by atoms with van der Waals surface area (Å²) >= 11 is 0. The van der Waals surface area contributed by atoms with E-state index in [2.05, 4.69) is 20.4 Å². The van der Waals surface area contributed by atoms with Gasteiger partial charge in [0.15, 0.2) is 5.82 Å². The molecule has 0 spiro atoms. The maximum Gasteiger partial charge on any atom is 0.267 e. The molecule has 5 N–H and O–H groups in total. The first-order valence-electron chi connectivity index (χ1n) is 10.4. The van der Waals surface area contributed by atoms with Crippen LogP contribution < -0.4 is 21.5 Å². The molecule has 2 aromatic heterocycles. The van der Waals surface area contributed by atoms with Crippen LogP contribution in [0.25, 0.3) is 22.6 Å². The Labute approximate surface area is 195 Å². The molecule has 0 aliphatic rings. The second-order valence-electron chi connectivity index (χ2n) is 7.41. The van der Waals surface area contributed by atoms with Crippen molar-refractivity contribution in [3.05, 3.63) is 72.6 Å². The first kappa shape index (κ1) is 22.6. The van der Waals surface area contributed by atoms with Crippen LogP contribution in [0.2, 0.25) is 0 Å². The lowest BCUT2D eigenvalue weighted by atomic mass is 10.1. The molecule has 2 heterocycles. The monoisotopic (exact) mass is 457 g/mol. The largest absolute Gasteiger partial charge is 0.457 e. The number of aldehydes is 1. The van der Waals surface area contributed by atoms with E-state index in [-0.39, 0.29) is 23.9 Å². The Morgan fingerprint density at radius 2 is 1.91 bits per heavy atom. The number of amides is 1. The van der Waals surface area contributed by atoms with E-state index in [1.54, 1.807) is 35.1 Å². The summed E-state index contributed by atoms with van der Waals surface area (Å²) in [6, 6.07) is 17.4. The number of aromatic nitrogens is 4. The summed E-state index contributed by atoms with van der Waals surface area (Å²) < 4.78 is 7.90. The maximum atomic E-state index is 11.8. The van der Waals surface area contributed by atoms with Crippen molar-refractivity contribution in [2.24, 2.45) is 18.5 Å². The molecule has 34 heavy (non-hydrogen) atoms. The highest BCUT2D eigenvalue weighted by Crippen LogP contribution is 2.33. The highest BCUT2D eigenvalue weighted by Gasteiger charge is 2.14. The van der Waals surface area contributed by atoms with Gasteiger partial charge < -0.3 is 26.3 Å². The second-order valence-corrected chi connectivity index (χ2v) is 7.41. The number of hydrogen-bond donors (Lipinski definition) is 3. The Morgan fingerprint density at radius 1 is 1.15 bits per heavy atom. The lowest BCUT2D eigenvalue weighted by Crippen LogP contribution is -2.30. The minimum atomic E-state index is -0.714. The number of rotatable bonds is 9. The quantitative estimate of drug-likeness (QED) is 0.324. The molecule has 4 aromatic rings. The zero-order valence-corrected chi connectivity index (χ0v) is 18.4. The van der Waals surface area contributed by atoms with Crippen molar-refractivity contribution < 1.29 is 14.3 Å². The number of nitrogens with one attached hydrogen (secondary N) is 1. The van der Waals surface area contributed by atoms with Crippen LogP contribution in [0.4, 0.5) is 5.82 Å². The number of carbonyl (C=O) groups is 2. The number of carbonyl (C=O) groups excluding carboxylic acids is 2. The van der Waals surface area contributed by atoms with Crippen molar-refractivity contribution >= 4 is 18.0 Å². The van der Waals surface area contributed by atoms with E-state index in [9.17, 15) is 9.59 Å². The fourth-order valence-corrected chi connectivity index (χ4v) is 3.32. The fraction of sp³-hybridized carbons (Fsp3) is 0.125. The van der Waals surface area contributed by atoms with Crippen molar-refractivity contribution in [3.63, 3.8) is 0 Å². The molecule has 0 aliphatic heterocycles. The number of benzene rings is 2. The smallest absolute Gasteiger partial charge is 0.267 e. The van der Waals surface area contributed by atoms with Crippen LogP contribution in [0.15, 0.2) is 66.9 Å². The highest BCUT2D eigenvalue weighted by atomic mass is 16.5. The van der Waals surface area contributed by atoms with E-state index in [1.165, 1.54) is 6.07 Å². The average Bonchev–Trinajstić information content (AvgIpc) is 3.28. The van der Waals surface area contributed by atoms with Gasteiger partial charge in [0.25, 0.3) is 5.91 Å². The SMILES string of the molecule is Cn1nccc1-c1ccccc1Oc1ccc(-c2nc(N[C@H](C=O)CN)cc(C(N)=O)n2)cc1. The molecule has 10 heteroatoms. The summed E-state index contributed by atoms with van der Waals surface area (Å²) in [5, 5.41) is 7.09. The number of aryl methyl sites for hydroxylation is 1. The predicted octanol–water partition coefficient (Wildman–Crippen LogP) is 2.37. The van der Waals surface area contributed by atoms with Gasteiger partial charge in [-0.2, -0.15) is 5.10 Å². The molecule has 1 amide bonds. The van der Waals surface area contributed by atoms with Crippen LogP contribution in [0.3, 0.4) is 0 Å². The number of nitrogens with zero attached hydrogens (tertiary/aromatic N) is 4. The molecule has 0 saturated carbocycles. The molecule has 0 unspecified atom stereocenters. The molecule has 0 radical (unpaired) electrons. The molecule has 4 rings (SSSR count). The number of nitrogens with two attached hydrogens (primary N) is 2. The van der Waals surface area contributed by atoms with E-state index >= 15 is 0 Å². The lowest BCUT2D eigenvalue weighted by molar-refractivity contribution is -0.108. The van der Waals surface area contributed by atoms with Crippen LogP contribution in [-0.2, 0) is 11.8 Å². The van der Waals surface area contributed by atoms with Gasteiger partial charge in [-0.05, 0) is 42.5 Å². The fourth-order valence-electron chi connectivity index (χ4n) is 3.32. The van der Waals surface area contributed by atoms with Crippen LogP contribution >= 0.6 is 0 Å². The Hall–Kier alpha value is -4.57. The molecule has 0 aliphatic carbocycles. The van der Waals surface area contributed by atoms with E-state index in [0.717, 1.165) is 11.3 Å². The van der Waals surface area contributed by atoms with Gasteiger partial charge in [0.05, 0.1) is 11.7 Å². The van der Waals surface area contributed by atoms with Gasteiger partial charge in [-0.1, -0.05) is 12.1 Å². The summed E-state index contributed by atoms with van der Waals surface area (Å²) in [6.45, 7) is 0.0705. The number of para-hydroxylation sites is 1. The summed E-state index contributed by atoms with van der Waals surface area (Å²) in [4.78, 5) is 31.5. The Balaban J connectivity index is 1.61. The minimum absolute atomic E-state index is 0.0135. The zero-order chi connectivity index (χ0) is 24.1. The van der Waals surface area contributed by atoms with E-state index in [4.69, 9.17) is 16.2 Å². The molecule has 10 nitrogen and oxygen atoms in total. The van der Waals surface area contributed by atoms with Gasteiger partial charge in [-0.3, -0.25) is 9.48 Å². The third-order valence-electron chi connectivity index (χ3n) is 5.05. The molecule has 2 aromatic carbocycles. The van der Waals surface area contributed by atoms with Crippen LogP contribution in [0.1, 0.15) is 10.5 Å². The molecule has 1 atom stereocenters. The van der Waals surface area contributed by atoms with Gasteiger partial charge in [0, 0.05) is 37.0 Å². The molecule has 172 valence electrons. The van der Waals surface area contributed by atoms with Crippen LogP contribution in [0.5, 0.6) is 11.5 Å². The Morgan fingerprint density at radius 3 is 2.56 bits per heavy atom. The third kappa shape index (κ3) is 4.92. The Bertz CT molecular complexity index is 1320. The standard InChI is InChI=1S/C24H23N7O3/c1-31-20(10-11-27-31)18-4-2-3-5-21(18)34-17-8-6-15(7-9-17)24-29-19(23(26)33)12-22(30-24)28-16(13-25)14-32/h2-12,14,16H,13,25H2,1H3,(H2,26,33)(H,28,29,30)/t16-/m0/s1. The molecule has 0 fully saturated rings. The summed E-state index contributed by atoms with van der Waals surface area (Å²) in [6.07, 6.45) is 2.40. The maximum absolute atomic E-state index is 11.8. The molecular weight excluding hydrogens is 434 g/mol. The first-order valence-corrected chi connectivity index (χ1v) is 10.4. The normalized spacial score (nSPS) is 11.6. The third-order valence-corrected chi connectivity index (χ3v) is 5.05. The molecule has 0 bridgehead atoms. The van der Waals surface area contributed by atoms with Crippen molar-refractivity contribution in [2.45, 2.75) is 6.04 Å². The topological polar surface area (TPSA) is 151 Å². The Kier molecular flexibility index (Phi) is 6.60. The summed E-state index contributed by atoms with van der Waals surface area (Å²) in [7, 11) is 1.87. The average molecular weight is 457 g/mol. The number of anilines is 1. The second kappa shape index (κ2) is 9.92. The molecular formula is C24H23N7O3. The van der Waals surface area contributed by atoms with Crippen molar-refractivity contribution in [2.75, 3.05) is 11.9 Å². The number of primary amides is 1. The van der Waals surface area contributed by atoms with Crippen LogP contribution in [-0.4, -0.2) is 44.5 Å². The van der Waals surface area contributed by atoms with Crippen molar-refractivity contribution in [1.29, 1.82) is 0 Å². The number of ether oxygens (including phenoxy) is 1. The zero-order valence-electron chi connectivity index (χ0n) is 18.4. The number of hydrogen-bond acceptors (Lipinski definition) is 8. The molecule has 0 saturated heterocycles. The lowest BCUT2D eigenvalue weighted by Gasteiger charge is -2.13. The minimum Gasteiger partial charge on any atom is -0.457 e. The summed E-state index contributed by atoms with van der Waals surface area (Å²) in [5.41, 5.74) is 13.5. The van der Waals surface area contributed by atoms with Crippen molar-refractivity contribution in [1.82, 2.24) is 19.7 Å². The van der Waals surface area contributed by atoms with Gasteiger partial charge in [-0.15, -0.1) is 0 Å². The van der Waals surface area contributed by atoms with E-state index < -0.39 is 11.9 Å². The van der Waals surface area contributed by atoms with Crippen LogP contribution in [0, 0.1) is 0 Å². The van der Waals surface area contributed by atoms with E-state index in [1.807, 2.05) is 37.4 Å². The predicted molar refractivity (Wildman–Crippen MR) is 127 cm³/mol. The van der Waals surface area contributed by atoms with Gasteiger partial charge >= 0.3 is 0 Å². The van der Waals surface area contributed by atoms with Gasteiger partial charge in [0.1, 0.15) is 29.3 Å². The van der Waals surface area contributed by atoms with Gasteiger partial charge in [-0.25, -0.2) is 9.97 Å². The van der Waals surface area contributed by atoms with Crippen molar-refractivity contribution in [3.8, 4) is 34.1 Å². The highest BCUT2D eigenvalue weighted by molar-refractivity contribution is 5.92.